The van der Waals surface area contributed by atoms with Gasteiger partial charge in [-0.05, 0) is 35.4 Å². The van der Waals surface area contributed by atoms with Crippen molar-refractivity contribution >= 4 is 56.4 Å². The van der Waals surface area contributed by atoms with Crippen molar-refractivity contribution in [2.24, 2.45) is 22.7 Å². The van der Waals surface area contributed by atoms with E-state index in [9.17, 15) is 19.2 Å². The Bertz CT molecular complexity index is 1520. The molecule has 3 aromatic rings. The number of likely N-dealkylation sites (tertiary alicyclic amines) is 1. The zero-order valence-electron chi connectivity index (χ0n) is 28.0. The van der Waals surface area contributed by atoms with Crippen molar-refractivity contribution in [2.45, 2.75) is 99.1 Å². The fourth-order valence-corrected chi connectivity index (χ4v) is 7.19. The molecule has 46 heavy (non-hydrogen) atoms. The normalized spacial score (nSPS) is 18.4. The quantitative estimate of drug-likeness (QED) is 0.170. The van der Waals surface area contributed by atoms with E-state index in [2.05, 4.69) is 9.97 Å². The predicted molar refractivity (Wildman–Crippen MR) is 182 cm³/mol. The lowest BCUT2D eigenvalue weighted by molar-refractivity contribution is -0.146. The van der Waals surface area contributed by atoms with Crippen molar-refractivity contribution < 1.29 is 23.9 Å². The number of carbonyl (C=O) groups excluding carboxylic acids is 4. The zero-order valence-corrected chi connectivity index (χ0v) is 29.5. The van der Waals surface area contributed by atoms with Crippen molar-refractivity contribution in [1.82, 2.24) is 14.9 Å². The Hall–Kier alpha value is -3.17. The summed E-state index contributed by atoms with van der Waals surface area (Å²) in [4.78, 5) is 65.8. The minimum Gasteiger partial charge on any atom is -0.472 e. The van der Waals surface area contributed by atoms with Gasteiger partial charge in [0.15, 0.2) is 16.6 Å². The van der Waals surface area contributed by atoms with Crippen LogP contribution in [0.5, 0.6) is 5.88 Å². The number of aromatic nitrogens is 2. The first-order valence-corrected chi connectivity index (χ1v) is 17.3. The molecule has 0 bridgehead atoms. The zero-order chi connectivity index (χ0) is 33.8. The number of para-hydroxylation sites is 1. The van der Waals surface area contributed by atoms with Gasteiger partial charge in [0.25, 0.3) is 0 Å². The minimum atomic E-state index is -0.796. The van der Waals surface area contributed by atoms with Gasteiger partial charge < -0.3 is 9.64 Å². The summed E-state index contributed by atoms with van der Waals surface area (Å²) in [6.07, 6.45) is 2.94. The average molecular weight is 668 g/mol. The third-order valence-corrected chi connectivity index (χ3v) is 9.64. The van der Waals surface area contributed by atoms with E-state index in [1.807, 2.05) is 72.7 Å². The van der Waals surface area contributed by atoms with Gasteiger partial charge in [0.1, 0.15) is 11.9 Å². The van der Waals surface area contributed by atoms with E-state index in [4.69, 9.17) is 16.3 Å². The van der Waals surface area contributed by atoms with Gasteiger partial charge in [0.2, 0.25) is 11.8 Å². The molecule has 0 saturated carbocycles. The Kier molecular flexibility index (Phi) is 11.4. The largest absolute Gasteiger partial charge is 0.472 e. The molecule has 1 aromatic carbocycles. The van der Waals surface area contributed by atoms with Crippen LogP contribution in [0.15, 0.2) is 42.6 Å². The lowest BCUT2D eigenvalue weighted by atomic mass is 9.75. The number of hydrogen-bond donors (Lipinski definition) is 0. The number of ketones is 3. The van der Waals surface area contributed by atoms with Crippen molar-refractivity contribution in [1.29, 1.82) is 0 Å². The number of fused-ring (bicyclic) bond motifs is 1. The number of hydrogen-bond acceptors (Lipinski definition) is 8. The highest BCUT2D eigenvalue weighted by Gasteiger charge is 2.46. The summed E-state index contributed by atoms with van der Waals surface area (Å²) in [6.45, 7) is 14.0. The van der Waals surface area contributed by atoms with Crippen LogP contribution in [0.1, 0.15) is 96.8 Å². The number of Topliss-reactive ketones (excluding diaryl/α,β-unsaturated/α-hetero) is 3. The monoisotopic (exact) mass is 667 g/mol. The van der Waals surface area contributed by atoms with E-state index in [0.29, 0.717) is 28.8 Å². The van der Waals surface area contributed by atoms with Gasteiger partial charge in [-0.2, -0.15) is 0 Å². The van der Waals surface area contributed by atoms with Crippen LogP contribution in [0.2, 0.25) is 5.02 Å². The van der Waals surface area contributed by atoms with Crippen molar-refractivity contribution in [3.63, 3.8) is 0 Å². The summed E-state index contributed by atoms with van der Waals surface area (Å²) in [6, 6.07) is 10.1. The number of ether oxygens (including phenoxy) is 1. The fourth-order valence-electron chi connectivity index (χ4n) is 6.10. The number of nitrogens with zero attached hydrogens (tertiary/aromatic N) is 3. The van der Waals surface area contributed by atoms with Crippen LogP contribution >= 0.6 is 22.9 Å². The number of rotatable bonds is 13. The Balaban J connectivity index is 1.60. The first-order valence-electron chi connectivity index (χ1n) is 16.1. The smallest absolute Gasteiger partial charge is 0.227 e. The Morgan fingerprint density at radius 2 is 1.76 bits per heavy atom. The van der Waals surface area contributed by atoms with E-state index in [0.717, 1.165) is 16.6 Å². The molecule has 4 atom stereocenters. The van der Waals surface area contributed by atoms with Crippen molar-refractivity contribution in [2.75, 3.05) is 6.54 Å². The third kappa shape index (κ3) is 9.22. The molecule has 248 valence electrons. The molecule has 1 amide bonds. The molecule has 0 radical (unpaired) electrons. The molecule has 0 N–H and O–H groups in total. The first kappa shape index (κ1) is 35.7. The van der Waals surface area contributed by atoms with Gasteiger partial charge in [-0.25, -0.2) is 9.97 Å². The second-order valence-corrected chi connectivity index (χ2v) is 16.2. The molecule has 3 heterocycles. The van der Waals surface area contributed by atoms with E-state index < -0.39 is 29.4 Å². The third-order valence-electron chi connectivity index (χ3n) is 8.37. The van der Waals surface area contributed by atoms with Gasteiger partial charge in [-0.1, -0.05) is 78.6 Å². The number of carbonyl (C=O) groups is 4. The molecule has 1 aliphatic heterocycles. The predicted octanol–water partition coefficient (Wildman–Crippen LogP) is 8.01. The molecule has 4 rings (SSSR count). The number of benzene rings is 1. The molecule has 1 fully saturated rings. The number of amides is 1. The maximum Gasteiger partial charge on any atom is 0.227 e. The Labute approximate surface area is 281 Å². The van der Waals surface area contributed by atoms with E-state index in [1.54, 1.807) is 17.0 Å². The van der Waals surface area contributed by atoms with Crippen LogP contribution in [-0.2, 0) is 14.4 Å². The van der Waals surface area contributed by atoms with Gasteiger partial charge in [-0.15, -0.1) is 11.3 Å². The summed E-state index contributed by atoms with van der Waals surface area (Å²) in [5, 5.41) is 0.864. The summed E-state index contributed by atoms with van der Waals surface area (Å²) >= 11 is 7.35. The maximum absolute atomic E-state index is 14.4. The molecule has 1 saturated heterocycles. The highest BCUT2D eigenvalue weighted by molar-refractivity contribution is 7.20. The summed E-state index contributed by atoms with van der Waals surface area (Å²) in [7, 11) is 0. The van der Waals surface area contributed by atoms with Gasteiger partial charge in [-0.3, -0.25) is 19.2 Å². The molecule has 1 unspecified atom stereocenters. The van der Waals surface area contributed by atoms with Gasteiger partial charge >= 0.3 is 0 Å². The highest BCUT2D eigenvalue weighted by atomic mass is 35.5. The fraction of sp³-hybridized carbons (Fsp3) is 0.556. The second-order valence-electron chi connectivity index (χ2n) is 14.7. The average Bonchev–Trinajstić information content (AvgIpc) is 3.59. The van der Waals surface area contributed by atoms with Crippen LogP contribution in [0, 0.1) is 22.7 Å². The minimum absolute atomic E-state index is 0.00784. The van der Waals surface area contributed by atoms with Crippen LogP contribution in [0.4, 0.5) is 0 Å². The number of halogens is 1. The molecule has 2 aromatic heterocycles. The summed E-state index contributed by atoms with van der Waals surface area (Å²) in [5.41, 5.74) is 0.0289. The van der Waals surface area contributed by atoms with Gasteiger partial charge in [0, 0.05) is 49.8 Å². The first-order chi connectivity index (χ1) is 21.6. The van der Waals surface area contributed by atoms with E-state index in [-0.39, 0.29) is 54.5 Å². The number of pyridine rings is 1. The topological polar surface area (TPSA) is 107 Å². The van der Waals surface area contributed by atoms with Crippen molar-refractivity contribution in [3.8, 4) is 5.88 Å². The molecule has 10 heteroatoms. The van der Waals surface area contributed by atoms with Crippen LogP contribution < -0.4 is 4.74 Å². The molecule has 0 aliphatic carbocycles. The maximum atomic E-state index is 14.4. The van der Waals surface area contributed by atoms with E-state index in [1.165, 1.54) is 17.5 Å². The molecule has 0 spiro atoms. The van der Waals surface area contributed by atoms with Crippen LogP contribution in [0.25, 0.3) is 10.2 Å². The SMILES string of the molecule is CCCC(CC(=O)[C@@H]1C[C@@H](Oc2ccc(Cl)cn2)CN1C(=O)[C@@H](CC(=O)CC(C)(C)C)C(C)(C)C)C(=O)c1nc2ccccc2s1. The number of thiazole rings is 1. The summed E-state index contributed by atoms with van der Waals surface area (Å²) in [5.74, 6) is -1.40. The summed E-state index contributed by atoms with van der Waals surface area (Å²) < 4.78 is 7.07. The second kappa shape index (κ2) is 14.7. The van der Waals surface area contributed by atoms with Crippen LogP contribution in [0.3, 0.4) is 0 Å². The van der Waals surface area contributed by atoms with E-state index >= 15 is 0 Å². The van der Waals surface area contributed by atoms with Crippen molar-refractivity contribution in [3.05, 3.63) is 52.6 Å². The molecular formula is C36H46ClN3O5S. The molecule has 8 nitrogen and oxygen atoms in total. The lowest BCUT2D eigenvalue weighted by Crippen LogP contribution is -2.48. The Morgan fingerprint density at radius 1 is 1.04 bits per heavy atom. The van der Waals surface area contributed by atoms with Crippen LogP contribution in [-0.4, -0.2) is 56.8 Å². The Morgan fingerprint density at radius 3 is 2.37 bits per heavy atom. The molecular weight excluding hydrogens is 622 g/mol. The van der Waals surface area contributed by atoms with Gasteiger partial charge in [0.05, 0.1) is 27.8 Å². The standard InChI is InChI=1S/C36H46ClN3O5S/c1-8-11-22(32(43)33-39-27-12-9-10-13-30(27)46-33)16-29(42)28-18-25(45-31-15-14-23(37)20-38-31)21-40(28)34(44)26(36(5,6)7)17-24(41)19-35(2,3)4/h9-10,12-15,20,22,25-26,28H,8,11,16-19,21H2,1-7H3/t22?,25-,26-,28+/m1/s1. The lowest BCUT2D eigenvalue weighted by Gasteiger charge is -2.35. The highest BCUT2D eigenvalue weighted by Crippen LogP contribution is 2.36. The molecule has 1 aliphatic rings.